The zero-order valence-electron chi connectivity index (χ0n) is 14.1. The monoisotopic (exact) mass is 320 g/mol. The third kappa shape index (κ3) is 4.37. The Morgan fingerprint density at radius 3 is 2.17 bits per heavy atom. The van der Waals surface area contributed by atoms with Crippen LogP contribution in [0, 0.1) is 6.92 Å². The van der Waals surface area contributed by atoms with E-state index < -0.39 is 5.60 Å². The van der Waals surface area contributed by atoms with Gasteiger partial charge in [0.2, 0.25) is 0 Å². The number of carbonyl (C=O) groups excluding carboxylic acids is 2. The number of nitrogens with zero attached hydrogens (tertiary/aromatic N) is 2. The highest BCUT2D eigenvalue weighted by molar-refractivity contribution is 5.94. The molecular formula is C17H24N2O4. The summed E-state index contributed by atoms with van der Waals surface area (Å²) in [7, 11) is 0. The minimum Gasteiger partial charge on any atom is -0.508 e. The molecule has 1 saturated heterocycles. The number of amides is 2. The van der Waals surface area contributed by atoms with Crippen LogP contribution in [0.4, 0.5) is 4.79 Å². The summed E-state index contributed by atoms with van der Waals surface area (Å²) in [5, 5.41) is 9.54. The van der Waals surface area contributed by atoms with Gasteiger partial charge in [-0.25, -0.2) is 4.79 Å². The molecule has 2 amide bonds. The Morgan fingerprint density at radius 2 is 1.65 bits per heavy atom. The number of aryl methyl sites for hydroxylation is 1. The molecule has 126 valence electrons. The molecule has 0 saturated carbocycles. The highest BCUT2D eigenvalue weighted by Gasteiger charge is 2.28. The smallest absolute Gasteiger partial charge is 0.410 e. The van der Waals surface area contributed by atoms with Gasteiger partial charge in [0.1, 0.15) is 11.4 Å². The van der Waals surface area contributed by atoms with Gasteiger partial charge in [0.25, 0.3) is 5.91 Å². The normalized spacial score (nSPS) is 15.5. The summed E-state index contributed by atoms with van der Waals surface area (Å²) in [5.41, 5.74) is 0.697. The van der Waals surface area contributed by atoms with Crippen molar-refractivity contribution in [2.75, 3.05) is 26.2 Å². The molecule has 0 aromatic heterocycles. The van der Waals surface area contributed by atoms with Gasteiger partial charge < -0.3 is 19.6 Å². The highest BCUT2D eigenvalue weighted by atomic mass is 16.6. The molecule has 1 fully saturated rings. The first-order valence-corrected chi connectivity index (χ1v) is 7.74. The van der Waals surface area contributed by atoms with E-state index in [1.165, 1.54) is 6.07 Å². The Kier molecular flexibility index (Phi) is 4.82. The van der Waals surface area contributed by atoms with Crippen LogP contribution in [0.1, 0.15) is 36.7 Å². The summed E-state index contributed by atoms with van der Waals surface area (Å²) in [6.45, 7) is 9.10. The predicted octanol–water partition coefficient (Wildman–Crippen LogP) is 2.39. The van der Waals surface area contributed by atoms with E-state index in [0.29, 0.717) is 37.3 Å². The van der Waals surface area contributed by atoms with Crippen molar-refractivity contribution >= 4 is 12.0 Å². The van der Waals surface area contributed by atoms with Crippen LogP contribution >= 0.6 is 0 Å². The lowest BCUT2D eigenvalue weighted by Crippen LogP contribution is -2.51. The molecule has 6 nitrogen and oxygen atoms in total. The van der Waals surface area contributed by atoms with Crippen LogP contribution in [0.15, 0.2) is 18.2 Å². The van der Waals surface area contributed by atoms with E-state index >= 15 is 0 Å². The van der Waals surface area contributed by atoms with E-state index in [4.69, 9.17) is 4.74 Å². The second-order valence-electron chi connectivity index (χ2n) is 6.76. The van der Waals surface area contributed by atoms with Crippen molar-refractivity contribution < 1.29 is 19.4 Å². The quantitative estimate of drug-likeness (QED) is 0.862. The third-order valence-corrected chi connectivity index (χ3v) is 3.66. The van der Waals surface area contributed by atoms with Gasteiger partial charge in [-0.05, 0) is 51.5 Å². The van der Waals surface area contributed by atoms with E-state index in [1.54, 1.807) is 28.9 Å². The molecule has 0 unspecified atom stereocenters. The Morgan fingerprint density at radius 1 is 1.09 bits per heavy atom. The van der Waals surface area contributed by atoms with Crippen LogP contribution in [0.2, 0.25) is 0 Å². The van der Waals surface area contributed by atoms with Crippen LogP contribution in [0.3, 0.4) is 0 Å². The Bertz CT molecular complexity index is 599. The van der Waals surface area contributed by atoms with Crippen LogP contribution < -0.4 is 0 Å². The summed E-state index contributed by atoms with van der Waals surface area (Å²) in [6, 6.07) is 4.82. The van der Waals surface area contributed by atoms with Crippen molar-refractivity contribution in [1.82, 2.24) is 9.80 Å². The van der Waals surface area contributed by atoms with Crippen molar-refractivity contribution in [3.8, 4) is 5.75 Å². The first-order valence-electron chi connectivity index (χ1n) is 7.74. The average molecular weight is 320 g/mol. The van der Waals surface area contributed by atoms with E-state index in [9.17, 15) is 14.7 Å². The standard InChI is InChI=1S/C17H24N2O4/c1-12-11-13(5-6-14(12)20)15(21)18-7-9-19(10-8-18)16(22)23-17(2,3)4/h5-6,11,20H,7-10H2,1-4H3. The fourth-order valence-corrected chi connectivity index (χ4v) is 2.39. The summed E-state index contributed by atoms with van der Waals surface area (Å²) in [5.74, 6) is 0.0910. The molecule has 0 bridgehead atoms. The average Bonchev–Trinajstić information content (AvgIpc) is 2.48. The van der Waals surface area contributed by atoms with Crippen LogP contribution in [-0.4, -0.2) is 58.7 Å². The predicted molar refractivity (Wildman–Crippen MR) is 86.6 cm³/mol. The van der Waals surface area contributed by atoms with Crippen molar-refractivity contribution in [1.29, 1.82) is 0 Å². The van der Waals surface area contributed by atoms with Gasteiger partial charge in [-0.3, -0.25) is 4.79 Å². The summed E-state index contributed by atoms with van der Waals surface area (Å²) >= 11 is 0. The molecule has 1 aromatic rings. The molecule has 1 heterocycles. The summed E-state index contributed by atoms with van der Waals surface area (Å²) < 4.78 is 5.34. The molecule has 1 aliphatic rings. The van der Waals surface area contributed by atoms with Crippen molar-refractivity contribution in [2.45, 2.75) is 33.3 Å². The number of benzene rings is 1. The molecular weight excluding hydrogens is 296 g/mol. The lowest BCUT2D eigenvalue weighted by Gasteiger charge is -2.35. The number of phenols is 1. The van der Waals surface area contributed by atoms with Gasteiger partial charge in [0.05, 0.1) is 0 Å². The number of hydrogen-bond acceptors (Lipinski definition) is 4. The van der Waals surface area contributed by atoms with Gasteiger partial charge in [-0.1, -0.05) is 0 Å². The molecule has 0 atom stereocenters. The maximum absolute atomic E-state index is 12.5. The summed E-state index contributed by atoms with van der Waals surface area (Å²) in [4.78, 5) is 27.8. The van der Waals surface area contributed by atoms with Gasteiger partial charge in [0.15, 0.2) is 0 Å². The third-order valence-electron chi connectivity index (χ3n) is 3.66. The lowest BCUT2D eigenvalue weighted by molar-refractivity contribution is 0.0141. The van der Waals surface area contributed by atoms with Crippen molar-refractivity contribution in [3.63, 3.8) is 0 Å². The number of aromatic hydroxyl groups is 1. The molecule has 1 N–H and O–H groups in total. The Hall–Kier alpha value is -2.24. The molecule has 6 heteroatoms. The van der Waals surface area contributed by atoms with Gasteiger partial charge in [0, 0.05) is 31.7 Å². The molecule has 0 radical (unpaired) electrons. The van der Waals surface area contributed by atoms with Crippen molar-refractivity contribution in [3.05, 3.63) is 29.3 Å². The molecule has 0 spiro atoms. The fourth-order valence-electron chi connectivity index (χ4n) is 2.39. The first kappa shape index (κ1) is 17.1. The minimum absolute atomic E-state index is 0.0862. The van der Waals surface area contributed by atoms with E-state index in [1.807, 2.05) is 20.8 Å². The number of phenolic OH excluding ortho intramolecular Hbond substituents is 1. The fraction of sp³-hybridized carbons (Fsp3) is 0.529. The molecule has 1 aliphatic heterocycles. The van der Waals surface area contributed by atoms with Crippen molar-refractivity contribution in [2.24, 2.45) is 0 Å². The Balaban J connectivity index is 1.94. The van der Waals surface area contributed by atoms with Crippen LogP contribution in [0.5, 0.6) is 5.75 Å². The molecule has 1 aromatic carbocycles. The summed E-state index contributed by atoms with van der Waals surface area (Å²) in [6.07, 6.45) is -0.343. The topological polar surface area (TPSA) is 70.1 Å². The first-order chi connectivity index (χ1) is 10.7. The number of hydrogen-bond donors (Lipinski definition) is 1. The zero-order valence-corrected chi connectivity index (χ0v) is 14.1. The van der Waals surface area contributed by atoms with Gasteiger partial charge >= 0.3 is 6.09 Å². The van der Waals surface area contributed by atoms with Gasteiger partial charge in [-0.15, -0.1) is 0 Å². The molecule has 0 aliphatic carbocycles. The molecule has 2 rings (SSSR count). The second kappa shape index (κ2) is 6.48. The van der Waals surface area contributed by atoms with Crippen LogP contribution in [-0.2, 0) is 4.74 Å². The number of ether oxygens (including phenoxy) is 1. The largest absolute Gasteiger partial charge is 0.508 e. The highest BCUT2D eigenvalue weighted by Crippen LogP contribution is 2.19. The number of piperazine rings is 1. The maximum Gasteiger partial charge on any atom is 0.410 e. The SMILES string of the molecule is Cc1cc(C(=O)N2CCN(C(=O)OC(C)(C)C)CC2)ccc1O. The van der Waals surface area contributed by atoms with Gasteiger partial charge in [-0.2, -0.15) is 0 Å². The van der Waals surface area contributed by atoms with E-state index in [-0.39, 0.29) is 17.7 Å². The maximum atomic E-state index is 12.5. The lowest BCUT2D eigenvalue weighted by atomic mass is 10.1. The Labute approximate surface area is 136 Å². The zero-order chi connectivity index (χ0) is 17.2. The van der Waals surface area contributed by atoms with E-state index in [0.717, 1.165) is 0 Å². The number of carbonyl (C=O) groups is 2. The minimum atomic E-state index is -0.520. The van der Waals surface area contributed by atoms with E-state index in [2.05, 4.69) is 0 Å². The molecule has 23 heavy (non-hydrogen) atoms. The van der Waals surface area contributed by atoms with Crippen LogP contribution in [0.25, 0.3) is 0 Å². The number of rotatable bonds is 1. The second-order valence-corrected chi connectivity index (χ2v) is 6.76.